The topological polar surface area (TPSA) is 50.2 Å². The zero-order valence-corrected chi connectivity index (χ0v) is 20.4. The van der Waals surface area contributed by atoms with E-state index in [0.29, 0.717) is 6.54 Å². The maximum atomic E-state index is 12.7. The summed E-state index contributed by atoms with van der Waals surface area (Å²) in [6, 6.07) is 22.2. The molecule has 0 spiro atoms. The molecule has 5 nitrogen and oxygen atoms in total. The second-order valence-electron chi connectivity index (χ2n) is 9.04. The van der Waals surface area contributed by atoms with E-state index in [4.69, 9.17) is 0 Å². The molecule has 2 aromatic carbocycles. The molecule has 0 atom stereocenters. The Labute approximate surface area is 202 Å². The summed E-state index contributed by atoms with van der Waals surface area (Å²) in [6.45, 7) is 7.11. The number of fused-ring (bicyclic) bond motifs is 1. The summed E-state index contributed by atoms with van der Waals surface area (Å²) in [4.78, 5) is 19.7. The van der Waals surface area contributed by atoms with Crippen LogP contribution in [0.3, 0.4) is 0 Å². The van der Waals surface area contributed by atoms with E-state index in [1.54, 1.807) is 6.07 Å². The third kappa shape index (κ3) is 5.91. The predicted octanol–water partition coefficient (Wildman–Crippen LogP) is 5.77. The SMILES string of the molecule is CCCN(C)CCCc1ccc(Nc2cc3c(ccc(=O)n3Cc3ccccc3C)cn2)cc1. The van der Waals surface area contributed by atoms with Gasteiger partial charge in [-0.1, -0.05) is 43.3 Å². The smallest absolute Gasteiger partial charge is 0.251 e. The van der Waals surface area contributed by atoms with E-state index in [-0.39, 0.29) is 5.56 Å². The molecule has 0 aliphatic rings. The third-order valence-corrected chi connectivity index (χ3v) is 6.30. The number of anilines is 2. The maximum absolute atomic E-state index is 12.7. The fourth-order valence-corrected chi connectivity index (χ4v) is 4.33. The van der Waals surface area contributed by atoms with Crippen molar-refractivity contribution >= 4 is 22.4 Å². The molecule has 0 radical (unpaired) electrons. The van der Waals surface area contributed by atoms with Crippen molar-refractivity contribution in [3.05, 3.63) is 100.0 Å². The van der Waals surface area contributed by atoms with Gasteiger partial charge in [0.25, 0.3) is 5.56 Å². The van der Waals surface area contributed by atoms with Crippen LogP contribution in [0, 0.1) is 6.92 Å². The van der Waals surface area contributed by atoms with Crippen LogP contribution in [0.25, 0.3) is 10.9 Å². The summed E-state index contributed by atoms with van der Waals surface area (Å²) in [6.07, 6.45) is 5.26. The molecule has 5 heteroatoms. The molecule has 0 aliphatic heterocycles. The van der Waals surface area contributed by atoms with E-state index in [1.165, 1.54) is 17.5 Å². The first-order valence-corrected chi connectivity index (χ1v) is 12.1. The molecular weight excluding hydrogens is 420 g/mol. The molecule has 1 N–H and O–H groups in total. The van der Waals surface area contributed by atoms with Gasteiger partial charge in [-0.2, -0.15) is 0 Å². The quantitative estimate of drug-likeness (QED) is 0.330. The number of pyridine rings is 2. The van der Waals surface area contributed by atoms with Gasteiger partial charge in [0, 0.05) is 29.4 Å². The monoisotopic (exact) mass is 454 g/mol. The van der Waals surface area contributed by atoms with E-state index in [1.807, 2.05) is 35.0 Å². The molecular formula is C29H34N4O. The molecule has 0 fully saturated rings. The average molecular weight is 455 g/mol. The van der Waals surface area contributed by atoms with Crippen LogP contribution in [0.4, 0.5) is 11.5 Å². The van der Waals surface area contributed by atoms with Crippen LogP contribution in [0.5, 0.6) is 0 Å². The number of benzene rings is 2. The lowest BCUT2D eigenvalue weighted by Crippen LogP contribution is -2.20. The second-order valence-corrected chi connectivity index (χ2v) is 9.04. The minimum absolute atomic E-state index is 0.0122. The van der Waals surface area contributed by atoms with E-state index in [9.17, 15) is 4.79 Å². The summed E-state index contributed by atoms with van der Waals surface area (Å²) in [5, 5.41) is 4.35. The van der Waals surface area contributed by atoms with Crippen molar-refractivity contribution in [2.75, 3.05) is 25.5 Å². The molecule has 0 saturated carbocycles. The highest BCUT2D eigenvalue weighted by Crippen LogP contribution is 2.21. The maximum Gasteiger partial charge on any atom is 0.251 e. The van der Waals surface area contributed by atoms with Crippen LogP contribution in [-0.4, -0.2) is 34.6 Å². The highest BCUT2D eigenvalue weighted by atomic mass is 16.1. The molecule has 0 aliphatic carbocycles. The van der Waals surface area contributed by atoms with E-state index < -0.39 is 0 Å². The molecule has 0 saturated heterocycles. The largest absolute Gasteiger partial charge is 0.340 e. The van der Waals surface area contributed by atoms with Crippen molar-refractivity contribution < 1.29 is 0 Å². The van der Waals surface area contributed by atoms with Gasteiger partial charge in [-0.25, -0.2) is 4.98 Å². The number of hydrogen-bond donors (Lipinski definition) is 1. The molecule has 0 bridgehead atoms. The minimum Gasteiger partial charge on any atom is -0.340 e. The number of aromatic nitrogens is 2. The molecule has 4 rings (SSSR count). The van der Waals surface area contributed by atoms with Gasteiger partial charge in [0.2, 0.25) is 0 Å². The Morgan fingerprint density at radius 3 is 2.56 bits per heavy atom. The zero-order valence-electron chi connectivity index (χ0n) is 20.4. The van der Waals surface area contributed by atoms with E-state index in [0.717, 1.165) is 53.9 Å². The van der Waals surface area contributed by atoms with Crippen molar-refractivity contribution in [3.8, 4) is 0 Å². The van der Waals surface area contributed by atoms with Crippen molar-refractivity contribution in [1.82, 2.24) is 14.5 Å². The van der Waals surface area contributed by atoms with Crippen LogP contribution in [0.15, 0.2) is 77.7 Å². The molecule has 4 aromatic rings. The van der Waals surface area contributed by atoms with Crippen LogP contribution in [0.1, 0.15) is 36.5 Å². The fraction of sp³-hybridized carbons (Fsp3) is 0.310. The highest BCUT2D eigenvalue weighted by Gasteiger charge is 2.08. The molecule has 2 heterocycles. The fourth-order valence-electron chi connectivity index (χ4n) is 4.33. The van der Waals surface area contributed by atoms with E-state index >= 15 is 0 Å². The first-order chi connectivity index (χ1) is 16.5. The summed E-state index contributed by atoms with van der Waals surface area (Å²) in [5.41, 5.74) is 5.51. The Morgan fingerprint density at radius 2 is 1.79 bits per heavy atom. The molecule has 0 unspecified atom stereocenters. The van der Waals surface area contributed by atoms with Crippen molar-refractivity contribution in [1.29, 1.82) is 0 Å². The second kappa shape index (κ2) is 11.1. The summed E-state index contributed by atoms with van der Waals surface area (Å²) in [5.74, 6) is 0.727. The summed E-state index contributed by atoms with van der Waals surface area (Å²) < 4.78 is 1.82. The first-order valence-electron chi connectivity index (χ1n) is 12.1. The number of aryl methyl sites for hydroxylation is 2. The standard InChI is InChI=1S/C29H34N4O/c1-4-17-32(3)18-7-9-23-11-14-26(15-12-23)31-28-19-27-24(20-30-28)13-16-29(34)33(27)21-25-10-6-5-8-22(25)2/h5-6,8,10-16,19-20H,4,7,9,17-18,21H2,1-3H3,(H,30,31). The van der Waals surface area contributed by atoms with Crippen molar-refractivity contribution in [3.63, 3.8) is 0 Å². The Kier molecular flexibility index (Phi) is 7.76. The normalized spacial score (nSPS) is 11.3. The van der Waals surface area contributed by atoms with E-state index in [2.05, 4.69) is 72.5 Å². The number of rotatable bonds is 10. The van der Waals surface area contributed by atoms with Gasteiger partial charge < -0.3 is 14.8 Å². The van der Waals surface area contributed by atoms with Crippen molar-refractivity contribution in [2.24, 2.45) is 0 Å². The molecule has 2 aromatic heterocycles. The predicted molar refractivity (Wildman–Crippen MR) is 142 cm³/mol. The van der Waals surface area contributed by atoms with Gasteiger partial charge in [0.15, 0.2) is 0 Å². The molecule has 34 heavy (non-hydrogen) atoms. The van der Waals surface area contributed by atoms with Gasteiger partial charge in [0.05, 0.1) is 12.1 Å². The Hall–Kier alpha value is -3.44. The van der Waals surface area contributed by atoms with Crippen molar-refractivity contribution in [2.45, 2.75) is 39.7 Å². The average Bonchev–Trinajstić information content (AvgIpc) is 2.83. The molecule has 176 valence electrons. The summed E-state index contributed by atoms with van der Waals surface area (Å²) >= 11 is 0. The highest BCUT2D eigenvalue weighted by molar-refractivity contribution is 5.81. The molecule has 0 amide bonds. The van der Waals surface area contributed by atoms with Gasteiger partial charge in [-0.3, -0.25) is 4.79 Å². The Balaban J connectivity index is 1.49. The first kappa shape index (κ1) is 23.7. The van der Waals surface area contributed by atoms with Crippen LogP contribution in [-0.2, 0) is 13.0 Å². The van der Waals surface area contributed by atoms with Crippen LogP contribution < -0.4 is 10.9 Å². The van der Waals surface area contributed by atoms with Gasteiger partial charge in [-0.05, 0) is 81.2 Å². The lowest BCUT2D eigenvalue weighted by atomic mass is 10.1. The van der Waals surface area contributed by atoms with Crippen LogP contribution >= 0.6 is 0 Å². The third-order valence-electron chi connectivity index (χ3n) is 6.30. The summed E-state index contributed by atoms with van der Waals surface area (Å²) in [7, 11) is 2.19. The lowest BCUT2D eigenvalue weighted by molar-refractivity contribution is 0.330. The zero-order chi connectivity index (χ0) is 23.9. The Morgan fingerprint density at radius 1 is 1.00 bits per heavy atom. The number of hydrogen-bond acceptors (Lipinski definition) is 4. The van der Waals surface area contributed by atoms with Gasteiger partial charge in [-0.15, -0.1) is 0 Å². The van der Waals surface area contributed by atoms with Gasteiger partial charge >= 0.3 is 0 Å². The Bertz CT molecular complexity index is 1290. The number of nitrogens with zero attached hydrogens (tertiary/aromatic N) is 3. The van der Waals surface area contributed by atoms with Gasteiger partial charge in [0.1, 0.15) is 5.82 Å². The lowest BCUT2D eigenvalue weighted by Gasteiger charge is -2.15. The minimum atomic E-state index is -0.0122. The van der Waals surface area contributed by atoms with Crippen LogP contribution in [0.2, 0.25) is 0 Å². The number of nitrogens with one attached hydrogen (secondary N) is 1.